The number of hydrogen-bond acceptors (Lipinski definition) is 6. The number of nitrogens with zero attached hydrogens (tertiary/aromatic N) is 4. The van der Waals surface area contributed by atoms with Gasteiger partial charge in [0, 0.05) is 28.5 Å². The van der Waals surface area contributed by atoms with Gasteiger partial charge in [0.2, 0.25) is 0 Å². The first-order valence-electron chi connectivity index (χ1n) is 8.73. The summed E-state index contributed by atoms with van der Waals surface area (Å²) in [6.45, 7) is -2.15. The molecule has 0 fully saturated rings. The van der Waals surface area contributed by atoms with Gasteiger partial charge >= 0.3 is 0 Å². The number of nitrogens with one attached hydrogen (secondary N) is 1. The quantitative estimate of drug-likeness (QED) is 0.785. The number of aryl methyl sites for hydroxylation is 2. The van der Waals surface area contributed by atoms with E-state index in [0.29, 0.717) is 17.0 Å². The summed E-state index contributed by atoms with van der Waals surface area (Å²) in [7, 11) is 1.69. The lowest BCUT2D eigenvalue weighted by Gasteiger charge is -2.11. The normalized spacial score (nSPS) is 18.2. The smallest absolute Gasteiger partial charge is 0.270 e. The van der Waals surface area contributed by atoms with Crippen LogP contribution >= 0.6 is 0 Å². The summed E-state index contributed by atoms with van der Waals surface area (Å²) in [4.78, 5) is 16.3. The van der Waals surface area contributed by atoms with Gasteiger partial charge in [-0.25, -0.2) is 0 Å². The molecule has 122 valence electrons. The van der Waals surface area contributed by atoms with E-state index in [1.807, 2.05) is 0 Å². The van der Waals surface area contributed by atoms with E-state index in [4.69, 9.17) is 13.4 Å². The van der Waals surface area contributed by atoms with Crippen LogP contribution in [0.1, 0.15) is 32.0 Å². The lowest BCUT2D eigenvalue weighted by atomic mass is 10.1. The lowest BCUT2D eigenvalue weighted by Crippen LogP contribution is -2.30. The van der Waals surface area contributed by atoms with Gasteiger partial charge in [-0.05, 0) is 25.1 Å². The molecule has 0 unspecified atom stereocenters. The lowest BCUT2D eigenvalue weighted by molar-refractivity contribution is 0.0921. The second-order valence-corrected chi connectivity index (χ2v) is 5.35. The van der Waals surface area contributed by atoms with Crippen LogP contribution in [0.15, 0.2) is 35.0 Å². The summed E-state index contributed by atoms with van der Waals surface area (Å²) < 4.78 is 34.1. The molecule has 0 saturated carbocycles. The van der Waals surface area contributed by atoms with Gasteiger partial charge in [0.1, 0.15) is 18.1 Å². The van der Waals surface area contributed by atoms with Gasteiger partial charge < -0.3 is 14.6 Å². The Kier molecular flexibility index (Phi) is 2.60. The SMILES string of the molecule is [2H]C([2H])([2H])c1noc(-c2ccc3c(c2)OC[C@H]3NC(=O)c2ccnn2C)n1. The van der Waals surface area contributed by atoms with E-state index in [2.05, 4.69) is 20.6 Å². The highest BCUT2D eigenvalue weighted by molar-refractivity contribution is 5.92. The van der Waals surface area contributed by atoms with Crippen molar-refractivity contribution >= 4 is 5.91 Å². The molecule has 0 bridgehead atoms. The zero-order valence-electron chi connectivity index (χ0n) is 15.7. The molecule has 1 aliphatic heterocycles. The van der Waals surface area contributed by atoms with Crippen LogP contribution in [0.5, 0.6) is 5.75 Å². The van der Waals surface area contributed by atoms with Crippen molar-refractivity contribution in [1.82, 2.24) is 25.2 Å². The third-order valence-electron chi connectivity index (χ3n) is 3.83. The highest BCUT2D eigenvalue weighted by atomic mass is 16.5. The summed E-state index contributed by atoms with van der Waals surface area (Å²) in [5.41, 5.74) is 1.79. The Bertz CT molecular complexity index is 1010. The number of carbonyl (C=O) groups excluding carboxylic acids is 1. The number of rotatable bonds is 3. The van der Waals surface area contributed by atoms with Crippen molar-refractivity contribution in [2.75, 3.05) is 6.61 Å². The molecule has 0 spiro atoms. The van der Waals surface area contributed by atoms with Gasteiger partial charge in [-0.3, -0.25) is 9.48 Å². The molecule has 3 aromatic rings. The molecular weight excluding hydrogens is 310 g/mol. The Hall–Kier alpha value is -3.16. The minimum absolute atomic E-state index is 0.0925. The minimum atomic E-state index is -2.43. The fourth-order valence-corrected chi connectivity index (χ4v) is 2.63. The Morgan fingerprint density at radius 2 is 2.38 bits per heavy atom. The Morgan fingerprint density at radius 1 is 1.46 bits per heavy atom. The van der Waals surface area contributed by atoms with E-state index >= 15 is 0 Å². The van der Waals surface area contributed by atoms with Gasteiger partial charge in [0.25, 0.3) is 11.8 Å². The van der Waals surface area contributed by atoms with Crippen molar-refractivity contribution in [3.8, 4) is 17.2 Å². The third-order valence-corrected chi connectivity index (χ3v) is 3.83. The monoisotopic (exact) mass is 328 g/mol. The molecule has 24 heavy (non-hydrogen) atoms. The second-order valence-electron chi connectivity index (χ2n) is 5.35. The molecule has 8 heteroatoms. The molecule has 1 atom stereocenters. The molecular formula is C16H15N5O3. The average Bonchev–Trinajstić information content (AvgIpc) is 3.33. The zero-order chi connectivity index (χ0) is 19.2. The van der Waals surface area contributed by atoms with Crippen LogP contribution < -0.4 is 10.1 Å². The van der Waals surface area contributed by atoms with Gasteiger partial charge in [-0.1, -0.05) is 11.2 Å². The maximum atomic E-state index is 12.4. The van der Waals surface area contributed by atoms with Gasteiger partial charge in [0.15, 0.2) is 5.82 Å². The highest BCUT2D eigenvalue weighted by Gasteiger charge is 2.27. The maximum Gasteiger partial charge on any atom is 0.270 e. The highest BCUT2D eigenvalue weighted by Crippen LogP contribution is 2.35. The zero-order valence-corrected chi connectivity index (χ0v) is 12.7. The van der Waals surface area contributed by atoms with E-state index < -0.39 is 6.85 Å². The molecule has 0 saturated heterocycles. The molecule has 1 N–H and O–H groups in total. The van der Waals surface area contributed by atoms with Crippen LogP contribution in [0.4, 0.5) is 0 Å². The van der Waals surface area contributed by atoms with E-state index in [0.717, 1.165) is 5.56 Å². The van der Waals surface area contributed by atoms with Crippen molar-refractivity contribution in [2.24, 2.45) is 7.05 Å². The van der Waals surface area contributed by atoms with Gasteiger partial charge in [0.05, 0.1) is 6.04 Å². The van der Waals surface area contributed by atoms with Crippen LogP contribution in [0, 0.1) is 6.85 Å². The number of amides is 1. The first kappa shape index (κ1) is 11.4. The maximum absolute atomic E-state index is 12.4. The number of hydrogen-bond donors (Lipinski definition) is 1. The predicted molar refractivity (Wildman–Crippen MR) is 83.4 cm³/mol. The fourth-order valence-electron chi connectivity index (χ4n) is 2.63. The van der Waals surface area contributed by atoms with Crippen LogP contribution in [-0.4, -0.2) is 32.4 Å². The Labute approximate surface area is 141 Å². The molecule has 1 aromatic carbocycles. The standard InChI is InChI=1S/C16H15N5O3/c1-9-18-16(24-20-9)10-3-4-11-12(8-23-14(11)7-10)19-15(22)13-5-6-17-21(13)2/h3-7,12H,8H2,1-2H3,(H,19,22)/t12-/m1/s1/i1D3. The first-order valence-corrected chi connectivity index (χ1v) is 7.23. The number of ether oxygens (including phenoxy) is 1. The molecule has 8 nitrogen and oxygen atoms in total. The molecule has 3 heterocycles. The molecule has 1 aliphatic rings. The van der Waals surface area contributed by atoms with Gasteiger partial charge in [-0.2, -0.15) is 10.1 Å². The molecule has 0 radical (unpaired) electrons. The Morgan fingerprint density at radius 3 is 3.12 bits per heavy atom. The van der Waals surface area contributed by atoms with E-state index in [9.17, 15) is 4.79 Å². The summed E-state index contributed by atoms with van der Waals surface area (Å²) in [5.74, 6) is 0.0614. The average molecular weight is 328 g/mol. The van der Waals surface area contributed by atoms with Crippen LogP contribution in [0.25, 0.3) is 11.5 Å². The van der Waals surface area contributed by atoms with Crippen LogP contribution in [0.3, 0.4) is 0 Å². The first-order chi connectivity index (χ1) is 12.8. The number of benzene rings is 1. The summed E-state index contributed by atoms with van der Waals surface area (Å²) in [6, 6.07) is 6.51. The van der Waals surface area contributed by atoms with Crippen LogP contribution in [0.2, 0.25) is 0 Å². The molecule has 0 aliphatic carbocycles. The van der Waals surface area contributed by atoms with Gasteiger partial charge in [-0.15, -0.1) is 0 Å². The molecule has 2 aromatic heterocycles. The van der Waals surface area contributed by atoms with E-state index in [1.165, 1.54) is 4.68 Å². The van der Waals surface area contributed by atoms with Crippen molar-refractivity contribution in [1.29, 1.82) is 0 Å². The summed E-state index contributed by atoms with van der Waals surface area (Å²) in [5, 5.41) is 10.4. The van der Waals surface area contributed by atoms with Crippen molar-refractivity contribution in [3.63, 3.8) is 0 Å². The number of fused-ring (bicyclic) bond motifs is 1. The van der Waals surface area contributed by atoms with Crippen molar-refractivity contribution < 1.29 is 18.2 Å². The van der Waals surface area contributed by atoms with Crippen molar-refractivity contribution in [3.05, 3.63) is 47.5 Å². The summed E-state index contributed by atoms with van der Waals surface area (Å²) >= 11 is 0. The number of carbonyl (C=O) groups is 1. The number of aromatic nitrogens is 4. The molecule has 4 rings (SSSR count). The van der Waals surface area contributed by atoms with Crippen molar-refractivity contribution in [2.45, 2.75) is 12.9 Å². The topological polar surface area (TPSA) is 95.1 Å². The Balaban J connectivity index is 1.55. The minimum Gasteiger partial charge on any atom is -0.491 e. The van der Waals surface area contributed by atoms with E-state index in [1.54, 1.807) is 37.5 Å². The largest absolute Gasteiger partial charge is 0.491 e. The second kappa shape index (κ2) is 5.48. The fraction of sp³-hybridized carbons (Fsp3) is 0.250. The molecule has 1 amide bonds. The predicted octanol–water partition coefficient (Wildman–Crippen LogP) is 1.64. The van der Waals surface area contributed by atoms with E-state index in [-0.39, 0.29) is 30.3 Å². The third kappa shape index (κ3) is 2.41. The van der Waals surface area contributed by atoms with Crippen LogP contribution in [-0.2, 0) is 7.05 Å². The summed E-state index contributed by atoms with van der Waals surface area (Å²) in [6.07, 6.45) is 1.55.